The summed E-state index contributed by atoms with van der Waals surface area (Å²) in [7, 11) is -1.13. The summed E-state index contributed by atoms with van der Waals surface area (Å²) in [6.07, 6.45) is 1.39. The molecule has 0 bridgehead atoms. The second-order valence-corrected chi connectivity index (χ2v) is 9.07. The van der Waals surface area contributed by atoms with Crippen molar-refractivity contribution in [1.29, 1.82) is 0 Å². The van der Waals surface area contributed by atoms with Gasteiger partial charge in [0, 0.05) is 0 Å². The fourth-order valence-electron chi connectivity index (χ4n) is 3.04. The third-order valence-corrected chi connectivity index (χ3v) is 6.61. The molecule has 34 heavy (non-hydrogen) atoms. The fourth-order valence-corrected chi connectivity index (χ4v) is 4.46. The van der Waals surface area contributed by atoms with Crippen LogP contribution in [-0.2, 0) is 14.8 Å². The number of nitrogens with zero attached hydrogens (tertiary/aromatic N) is 2. The van der Waals surface area contributed by atoms with E-state index in [1.165, 1.54) is 20.4 Å². The number of hydrazone groups is 1. The quantitative estimate of drug-likeness (QED) is 0.370. The van der Waals surface area contributed by atoms with Gasteiger partial charge in [0.2, 0.25) is 0 Å². The Hall–Kier alpha value is -3.92. The van der Waals surface area contributed by atoms with Crippen molar-refractivity contribution in [2.24, 2.45) is 5.10 Å². The summed E-state index contributed by atoms with van der Waals surface area (Å²) in [5.41, 5.74) is 4.17. The van der Waals surface area contributed by atoms with Crippen LogP contribution in [0.5, 0.6) is 11.5 Å². The van der Waals surface area contributed by atoms with E-state index < -0.39 is 28.3 Å². The fraction of sp³-hybridized carbons (Fsp3) is 0.167. The summed E-state index contributed by atoms with van der Waals surface area (Å²) < 4.78 is 51.2. The van der Waals surface area contributed by atoms with Crippen molar-refractivity contribution in [3.63, 3.8) is 0 Å². The molecule has 178 valence electrons. The lowest BCUT2D eigenvalue weighted by molar-refractivity contribution is -0.119. The molecule has 0 unspecified atom stereocenters. The van der Waals surface area contributed by atoms with Crippen LogP contribution in [0.15, 0.2) is 76.7 Å². The van der Waals surface area contributed by atoms with Crippen molar-refractivity contribution >= 4 is 27.8 Å². The number of hydrogen-bond acceptors (Lipinski definition) is 6. The van der Waals surface area contributed by atoms with Gasteiger partial charge in [0.25, 0.3) is 15.9 Å². The molecule has 0 aliphatic carbocycles. The van der Waals surface area contributed by atoms with Crippen molar-refractivity contribution in [2.45, 2.75) is 11.8 Å². The van der Waals surface area contributed by atoms with Crippen LogP contribution in [0, 0.1) is 12.7 Å². The number of anilines is 1. The number of methoxy groups -OCH3 is 2. The van der Waals surface area contributed by atoms with Gasteiger partial charge in [-0.25, -0.2) is 18.2 Å². The number of hydrogen-bond donors (Lipinski definition) is 1. The number of amides is 1. The minimum atomic E-state index is -4.15. The molecule has 0 radical (unpaired) electrons. The summed E-state index contributed by atoms with van der Waals surface area (Å²) in [5, 5.41) is 3.91. The summed E-state index contributed by atoms with van der Waals surface area (Å²) in [4.78, 5) is 12.5. The van der Waals surface area contributed by atoms with E-state index in [2.05, 4.69) is 10.5 Å². The number of sulfonamides is 1. The van der Waals surface area contributed by atoms with Gasteiger partial charge in [0.15, 0.2) is 11.5 Å². The van der Waals surface area contributed by atoms with E-state index in [4.69, 9.17) is 9.47 Å². The van der Waals surface area contributed by atoms with Crippen LogP contribution in [0.4, 0.5) is 10.1 Å². The van der Waals surface area contributed by atoms with Gasteiger partial charge in [-0.3, -0.25) is 9.10 Å². The average Bonchev–Trinajstić information content (AvgIpc) is 2.83. The lowest BCUT2D eigenvalue weighted by atomic mass is 10.2. The van der Waals surface area contributed by atoms with Crippen LogP contribution < -0.4 is 19.2 Å². The Balaban J connectivity index is 1.81. The molecule has 0 aliphatic rings. The zero-order valence-corrected chi connectivity index (χ0v) is 19.7. The molecular formula is C24H24FN3O5S. The second kappa shape index (κ2) is 10.8. The molecule has 0 aliphatic heterocycles. The molecule has 3 aromatic carbocycles. The van der Waals surface area contributed by atoms with E-state index in [1.54, 1.807) is 42.5 Å². The zero-order chi connectivity index (χ0) is 24.7. The topological polar surface area (TPSA) is 97.3 Å². The number of benzene rings is 3. The van der Waals surface area contributed by atoms with E-state index in [0.29, 0.717) is 17.1 Å². The molecule has 0 saturated heterocycles. The van der Waals surface area contributed by atoms with E-state index >= 15 is 0 Å². The highest BCUT2D eigenvalue weighted by Gasteiger charge is 2.27. The molecule has 0 heterocycles. The maximum absolute atomic E-state index is 13.3. The molecule has 0 fully saturated rings. The first kappa shape index (κ1) is 24.7. The third-order valence-electron chi connectivity index (χ3n) is 4.82. The van der Waals surface area contributed by atoms with Crippen LogP contribution in [0.3, 0.4) is 0 Å². The molecule has 8 nitrogen and oxygen atoms in total. The van der Waals surface area contributed by atoms with E-state index in [-0.39, 0.29) is 10.6 Å². The van der Waals surface area contributed by atoms with Crippen LogP contribution >= 0.6 is 0 Å². The second-order valence-electron chi connectivity index (χ2n) is 7.21. The van der Waals surface area contributed by atoms with Crippen molar-refractivity contribution in [2.75, 3.05) is 25.1 Å². The van der Waals surface area contributed by atoms with Gasteiger partial charge in [-0.05, 0) is 67.1 Å². The molecule has 1 amide bonds. The first-order valence-electron chi connectivity index (χ1n) is 10.1. The van der Waals surface area contributed by atoms with Crippen LogP contribution in [-0.4, -0.2) is 41.3 Å². The molecular weight excluding hydrogens is 461 g/mol. The number of ether oxygens (including phenoxy) is 2. The Morgan fingerprint density at radius 3 is 2.26 bits per heavy atom. The van der Waals surface area contributed by atoms with Crippen molar-refractivity contribution in [1.82, 2.24) is 5.43 Å². The van der Waals surface area contributed by atoms with Crippen LogP contribution in [0.25, 0.3) is 0 Å². The molecule has 1 N–H and O–H groups in total. The van der Waals surface area contributed by atoms with Gasteiger partial charge in [-0.15, -0.1) is 0 Å². The summed E-state index contributed by atoms with van der Waals surface area (Å²) in [6.45, 7) is 1.32. The Labute approximate surface area is 197 Å². The average molecular weight is 486 g/mol. The Morgan fingerprint density at radius 1 is 1.00 bits per heavy atom. The molecule has 0 aromatic heterocycles. The normalized spacial score (nSPS) is 11.3. The maximum Gasteiger partial charge on any atom is 0.264 e. The van der Waals surface area contributed by atoms with Crippen molar-refractivity contribution in [3.05, 3.63) is 83.7 Å². The number of halogens is 1. The van der Waals surface area contributed by atoms with Crippen LogP contribution in [0.2, 0.25) is 0 Å². The lowest BCUT2D eigenvalue weighted by Gasteiger charge is -2.23. The monoisotopic (exact) mass is 485 g/mol. The Morgan fingerprint density at radius 2 is 1.65 bits per heavy atom. The minimum absolute atomic E-state index is 0.142. The predicted octanol–water partition coefficient (Wildman–Crippen LogP) is 3.50. The summed E-state index contributed by atoms with van der Waals surface area (Å²) in [5.74, 6) is -0.191. The molecule has 3 aromatic rings. The molecule has 0 spiro atoms. The molecule has 0 atom stereocenters. The highest BCUT2D eigenvalue weighted by Crippen LogP contribution is 2.27. The van der Waals surface area contributed by atoms with Gasteiger partial charge < -0.3 is 9.47 Å². The maximum atomic E-state index is 13.3. The SMILES string of the molecule is COc1ccc(/C=N\NC(=O)CN(c2ccc(C)cc2)S(=O)(=O)c2ccc(F)cc2)cc1OC. The van der Waals surface area contributed by atoms with Gasteiger partial charge in [-0.1, -0.05) is 17.7 Å². The number of carbonyl (C=O) groups is 1. The van der Waals surface area contributed by atoms with Crippen LogP contribution in [0.1, 0.15) is 11.1 Å². The van der Waals surface area contributed by atoms with Gasteiger partial charge in [0.1, 0.15) is 12.4 Å². The predicted molar refractivity (Wildman–Crippen MR) is 127 cm³/mol. The van der Waals surface area contributed by atoms with Gasteiger partial charge >= 0.3 is 0 Å². The zero-order valence-electron chi connectivity index (χ0n) is 18.9. The first-order chi connectivity index (χ1) is 16.2. The Kier molecular flexibility index (Phi) is 7.85. The van der Waals surface area contributed by atoms with Crippen molar-refractivity contribution < 1.29 is 27.1 Å². The number of rotatable bonds is 9. The molecule has 3 rings (SSSR count). The summed E-state index contributed by atoms with van der Waals surface area (Å²) >= 11 is 0. The minimum Gasteiger partial charge on any atom is -0.493 e. The molecule has 10 heteroatoms. The highest BCUT2D eigenvalue weighted by molar-refractivity contribution is 7.92. The number of carbonyl (C=O) groups excluding carboxylic acids is 1. The van der Waals surface area contributed by atoms with E-state index in [0.717, 1.165) is 34.1 Å². The van der Waals surface area contributed by atoms with Gasteiger partial charge in [0.05, 0.1) is 31.0 Å². The summed E-state index contributed by atoms with van der Waals surface area (Å²) in [6, 6.07) is 16.1. The third kappa shape index (κ3) is 5.90. The molecule has 0 saturated carbocycles. The Bertz CT molecular complexity index is 1280. The standard InChI is InChI=1S/C24H24FN3O5S/c1-17-4-9-20(10-5-17)28(34(30,31)21-11-7-19(25)8-12-21)16-24(29)27-26-15-18-6-13-22(32-2)23(14-18)33-3/h4-15H,16H2,1-3H3,(H,27,29)/b26-15-. The number of nitrogens with one attached hydrogen (secondary N) is 1. The van der Waals surface area contributed by atoms with Gasteiger partial charge in [-0.2, -0.15) is 5.10 Å². The lowest BCUT2D eigenvalue weighted by Crippen LogP contribution is -2.39. The largest absolute Gasteiger partial charge is 0.493 e. The smallest absolute Gasteiger partial charge is 0.264 e. The highest BCUT2D eigenvalue weighted by atomic mass is 32.2. The first-order valence-corrected chi connectivity index (χ1v) is 11.6. The van der Waals surface area contributed by atoms with E-state index in [1.807, 2.05) is 6.92 Å². The van der Waals surface area contributed by atoms with E-state index in [9.17, 15) is 17.6 Å². The van der Waals surface area contributed by atoms with Crippen molar-refractivity contribution in [3.8, 4) is 11.5 Å². The number of aryl methyl sites for hydroxylation is 1.